The lowest BCUT2D eigenvalue weighted by molar-refractivity contribution is -0.142. The Kier molecular flexibility index (Phi) is 4.87. The molecule has 1 amide bonds. The molecule has 4 N–H and O–H groups in total. The van der Waals surface area contributed by atoms with E-state index in [1.165, 1.54) is 29.3 Å². The number of aliphatic carboxylic acids is 1. The van der Waals surface area contributed by atoms with Gasteiger partial charge in [0.05, 0.1) is 0 Å². The molecule has 1 fully saturated rings. The summed E-state index contributed by atoms with van der Waals surface area (Å²) in [7, 11) is 0. The number of hydrogen-bond donors (Lipinski definition) is 3. The van der Waals surface area contributed by atoms with E-state index in [0.29, 0.717) is 18.5 Å². The summed E-state index contributed by atoms with van der Waals surface area (Å²) in [5.74, 6) is 3.78. The highest BCUT2D eigenvalue weighted by atomic mass is 19.1. The summed E-state index contributed by atoms with van der Waals surface area (Å²) >= 11 is 0. The van der Waals surface area contributed by atoms with Crippen LogP contribution in [0.1, 0.15) is 18.4 Å². The van der Waals surface area contributed by atoms with E-state index in [9.17, 15) is 19.1 Å². The molecule has 1 aromatic carbocycles. The molecular formula is C14H18FN3O3. The van der Waals surface area contributed by atoms with Crippen molar-refractivity contribution in [2.45, 2.75) is 31.3 Å². The molecular weight excluding hydrogens is 277 g/mol. The van der Waals surface area contributed by atoms with E-state index in [2.05, 4.69) is 5.32 Å². The van der Waals surface area contributed by atoms with E-state index < -0.39 is 18.1 Å². The number of amides is 1. The molecule has 0 spiro atoms. The van der Waals surface area contributed by atoms with Crippen molar-refractivity contribution in [2.24, 2.45) is 5.84 Å². The van der Waals surface area contributed by atoms with Crippen LogP contribution < -0.4 is 11.2 Å². The molecule has 1 saturated heterocycles. The zero-order chi connectivity index (χ0) is 15.4. The highest BCUT2D eigenvalue weighted by molar-refractivity contribution is 5.87. The van der Waals surface area contributed by atoms with E-state index in [1.54, 1.807) is 0 Å². The average Bonchev–Trinajstić information content (AvgIpc) is 2.86. The summed E-state index contributed by atoms with van der Waals surface area (Å²) in [6.07, 6.45) is 1.52. The van der Waals surface area contributed by atoms with Gasteiger partial charge in [0.2, 0.25) is 5.91 Å². The number of hydrazine groups is 1. The molecule has 1 heterocycles. The predicted molar refractivity (Wildman–Crippen MR) is 73.6 cm³/mol. The van der Waals surface area contributed by atoms with Crippen LogP contribution in [-0.4, -0.2) is 40.6 Å². The van der Waals surface area contributed by atoms with Crippen LogP contribution in [0.5, 0.6) is 0 Å². The third-order valence-corrected chi connectivity index (χ3v) is 3.56. The highest BCUT2D eigenvalue weighted by Gasteiger charge is 2.31. The summed E-state index contributed by atoms with van der Waals surface area (Å²) in [4.78, 5) is 23.3. The summed E-state index contributed by atoms with van der Waals surface area (Å²) in [6.45, 7) is 0.619. The Morgan fingerprint density at radius 3 is 2.62 bits per heavy atom. The largest absolute Gasteiger partial charge is 0.480 e. The van der Waals surface area contributed by atoms with Gasteiger partial charge >= 0.3 is 5.97 Å². The van der Waals surface area contributed by atoms with Crippen molar-refractivity contribution in [3.8, 4) is 0 Å². The van der Waals surface area contributed by atoms with Crippen LogP contribution in [0, 0.1) is 5.82 Å². The third-order valence-electron chi connectivity index (χ3n) is 3.56. The van der Waals surface area contributed by atoms with E-state index in [4.69, 9.17) is 5.84 Å². The molecule has 0 radical (unpaired) electrons. The van der Waals surface area contributed by atoms with E-state index >= 15 is 0 Å². The molecule has 2 rings (SSSR count). The summed E-state index contributed by atoms with van der Waals surface area (Å²) < 4.78 is 12.8. The average molecular weight is 295 g/mol. The zero-order valence-electron chi connectivity index (χ0n) is 11.5. The Labute approximate surface area is 121 Å². The van der Waals surface area contributed by atoms with Crippen molar-refractivity contribution in [3.63, 3.8) is 0 Å². The van der Waals surface area contributed by atoms with Crippen LogP contribution >= 0.6 is 0 Å². The molecule has 0 aliphatic carbocycles. The van der Waals surface area contributed by atoms with E-state index in [1.807, 2.05) is 0 Å². The van der Waals surface area contributed by atoms with Gasteiger partial charge in [0.1, 0.15) is 17.9 Å². The maximum atomic E-state index is 12.8. The predicted octanol–water partition coefficient (Wildman–Crippen LogP) is 0.276. The van der Waals surface area contributed by atoms with Crippen LogP contribution in [0.4, 0.5) is 4.39 Å². The molecule has 6 nitrogen and oxygen atoms in total. The van der Waals surface area contributed by atoms with Crippen LogP contribution in [0.2, 0.25) is 0 Å². The van der Waals surface area contributed by atoms with Gasteiger partial charge in [0.25, 0.3) is 0 Å². The van der Waals surface area contributed by atoms with Gasteiger partial charge < -0.3 is 10.4 Å². The smallest absolute Gasteiger partial charge is 0.326 e. The highest BCUT2D eigenvalue weighted by Crippen LogP contribution is 2.14. The Bertz CT molecular complexity index is 521. The molecule has 2 atom stereocenters. The van der Waals surface area contributed by atoms with Gasteiger partial charge in [-0.05, 0) is 30.5 Å². The zero-order valence-corrected chi connectivity index (χ0v) is 11.5. The van der Waals surface area contributed by atoms with Crippen LogP contribution in [-0.2, 0) is 16.0 Å². The van der Waals surface area contributed by atoms with Gasteiger partial charge in [-0.15, -0.1) is 0 Å². The standard InChI is InChI=1S/C14H18FN3O3/c15-10-5-3-9(4-6-10)8-11(14(20)21)17-13(19)12-2-1-7-18(12)16/h3-6,11-12H,1-2,7-8,16H2,(H,17,19)(H,20,21)/t11-,12-/m0/s1. The van der Waals surface area contributed by atoms with Crippen molar-refractivity contribution in [1.82, 2.24) is 10.3 Å². The minimum Gasteiger partial charge on any atom is -0.480 e. The Balaban J connectivity index is 2.00. The number of carbonyl (C=O) groups is 2. The van der Waals surface area contributed by atoms with Gasteiger partial charge in [-0.1, -0.05) is 12.1 Å². The monoisotopic (exact) mass is 295 g/mol. The number of nitrogens with one attached hydrogen (secondary N) is 1. The number of nitrogens with zero attached hydrogens (tertiary/aromatic N) is 1. The normalized spacial score (nSPS) is 20.2. The third kappa shape index (κ3) is 3.99. The van der Waals surface area contributed by atoms with E-state index in [-0.39, 0.29) is 18.1 Å². The first-order valence-electron chi connectivity index (χ1n) is 6.76. The maximum absolute atomic E-state index is 12.8. The van der Waals surface area contributed by atoms with Crippen molar-refractivity contribution in [3.05, 3.63) is 35.6 Å². The molecule has 0 aromatic heterocycles. The lowest BCUT2D eigenvalue weighted by Gasteiger charge is -2.21. The molecule has 114 valence electrons. The van der Waals surface area contributed by atoms with E-state index in [0.717, 1.165) is 6.42 Å². The van der Waals surface area contributed by atoms with Gasteiger partial charge in [-0.2, -0.15) is 0 Å². The van der Waals surface area contributed by atoms with Crippen LogP contribution in [0.3, 0.4) is 0 Å². The first kappa shape index (κ1) is 15.4. The minimum absolute atomic E-state index is 0.0959. The molecule has 21 heavy (non-hydrogen) atoms. The first-order chi connectivity index (χ1) is 9.97. The molecule has 1 aliphatic rings. The van der Waals surface area contributed by atoms with Crippen LogP contribution in [0.25, 0.3) is 0 Å². The second-order valence-corrected chi connectivity index (χ2v) is 5.13. The van der Waals surface area contributed by atoms with Crippen molar-refractivity contribution in [1.29, 1.82) is 0 Å². The van der Waals surface area contributed by atoms with Gasteiger partial charge in [-0.3, -0.25) is 10.6 Å². The van der Waals surface area contributed by atoms with Crippen LogP contribution in [0.15, 0.2) is 24.3 Å². The Hall–Kier alpha value is -1.99. The quantitative estimate of drug-likeness (QED) is 0.678. The Morgan fingerprint density at radius 2 is 2.10 bits per heavy atom. The Morgan fingerprint density at radius 1 is 1.43 bits per heavy atom. The lowest BCUT2D eigenvalue weighted by atomic mass is 10.1. The molecule has 7 heteroatoms. The SMILES string of the molecule is NN1CCC[C@H]1C(=O)N[C@@H](Cc1ccc(F)cc1)C(=O)O. The summed E-state index contributed by atoms with van der Waals surface area (Å²) in [5.41, 5.74) is 0.639. The molecule has 1 aliphatic heterocycles. The fourth-order valence-electron chi connectivity index (χ4n) is 2.39. The number of carbonyl (C=O) groups excluding carboxylic acids is 1. The molecule has 0 unspecified atom stereocenters. The summed E-state index contributed by atoms with van der Waals surface area (Å²) in [6, 6.07) is 3.98. The number of halogens is 1. The number of carboxylic acid groups (broad SMARTS) is 1. The summed E-state index contributed by atoms with van der Waals surface area (Å²) in [5, 5.41) is 13.1. The fourth-order valence-corrected chi connectivity index (χ4v) is 2.39. The lowest BCUT2D eigenvalue weighted by Crippen LogP contribution is -2.51. The molecule has 0 saturated carbocycles. The second kappa shape index (κ2) is 6.64. The van der Waals surface area contributed by atoms with Gasteiger partial charge in [-0.25, -0.2) is 14.2 Å². The number of rotatable bonds is 5. The van der Waals surface area contributed by atoms with Crippen molar-refractivity contribution < 1.29 is 19.1 Å². The van der Waals surface area contributed by atoms with Crippen molar-refractivity contribution in [2.75, 3.05) is 6.54 Å². The molecule has 1 aromatic rings. The number of carboxylic acids is 1. The number of nitrogens with two attached hydrogens (primary N) is 1. The van der Waals surface area contributed by atoms with Gasteiger partial charge in [0.15, 0.2) is 0 Å². The molecule has 0 bridgehead atoms. The number of benzene rings is 1. The fraction of sp³-hybridized carbons (Fsp3) is 0.429. The first-order valence-corrected chi connectivity index (χ1v) is 6.76. The second-order valence-electron chi connectivity index (χ2n) is 5.13. The maximum Gasteiger partial charge on any atom is 0.326 e. The number of hydrogen-bond acceptors (Lipinski definition) is 4. The topological polar surface area (TPSA) is 95.7 Å². The minimum atomic E-state index is -1.13. The van der Waals surface area contributed by atoms with Crippen molar-refractivity contribution >= 4 is 11.9 Å². The van der Waals surface area contributed by atoms with Gasteiger partial charge in [0, 0.05) is 13.0 Å².